The second kappa shape index (κ2) is 7.47. The number of aromatic amines is 1. The first-order chi connectivity index (χ1) is 10.5. The van der Waals surface area contributed by atoms with Gasteiger partial charge in [-0.2, -0.15) is 5.10 Å². The first kappa shape index (κ1) is 16.6. The third-order valence-corrected chi connectivity index (χ3v) is 3.53. The van der Waals surface area contributed by atoms with E-state index in [4.69, 9.17) is 27.9 Å². The Morgan fingerprint density at radius 2 is 2.23 bits per heavy atom. The number of rotatable bonds is 6. The summed E-state index contributed by atoms with van der Waals surface area (Å²) in [6.07, 6.45) is 0.370. The van der Waals surface area contributed by atoms with Crippen LogP contribution in [0.5, 0.6) is 0 Å². The van der Waals surface area contributed by atoms with Crippen LogP contribution in [0.4, 0.5) is 10.1 Å². The Morgan fingerprint density at radius 3 is 2.95 bits per heavy atom. The van der Waals surface area contributed by atoms with Crippen molar-refractivity contribution in [3.63, 3.8) is 0 Å². The van der Waals surface area contributed by atoms with Crippen molar-refractivity contribution in [2.24, 2.45) is 0 Å². The zero-order valence-electron chi connectivity index (χ0n) is 11.8. The van der Waals surface area contributed by atoms with Gasteiger partial charge in [0.15, 0.2) is 11.5 Å². The molecule has 5 nitrogen and oxygen atoms in total. The van der Waals surface area contributed by atoms with E-state index >= 15 is 0 Å². The number of H-pyrrole nitrogens is 1. The van der Waals surface area contributed by atoms with E-state index in [1.54, 1.807) is 19.1 Å². The number of anilines is 1. The van der Waals surface area contributed by atoms with Crippen LogP contribution in [-0.4, -0.2) is 29.3 Å². The summed E-state index contributed by atoms with van der Waals surface area (Å²) < 4.78 is 18.6. The molecule has 0 amide bonds. The monoisotopic (exact) mass is 345 g/mol. The molecule has 1 heterocycles. The van der Waals surface area contributed by atoms with Crippen molar-refractivity contribution in [1.82, 2.24) is 10.2 Å². The van der Waals surface area contributed by atoms with Gasteiger partial charge in [-0.05, 0) is 25.5 Å². The fourth-order valence-corrected chi connectivity index (χ4v) is 2.30. The van der Waals surface area contributed by atoms with Crippen molar-refractivity contribution in [1.29, 1.82) is 0 Å². The number of hydrogen-bond acceptors (Lipinski definition) is 4. The SMILES string of the molecule is CCOC(=O)c1n[nH]c(Cl)c1CCNc1cccc(Cl)c1F. The van der Waals surface area contributed by atoms with Crippen LogP contribution in [0.25, 0.3) is 0 Å². The van der Waals surface area contributed by atoms with Gasteiger partial charge in [-0.15, -0.1) is 0 Å². The Balaban J connectivity index is 2.04. The number of nitrogens with zero attached hydrogens (tertiary/aromatic N) is 1. The maximum atomic E-state index is 13.7. The standard InChI is InChI=1S/C14H14Cl2FN3O2/c1-2-22-14(21)12-8(13(16)20-19-12)6-7-18-10-5-3-4-9(15)11(10)17/h3-5,18H,2,6-7H2,1H3,(H,19,20). The van der Waals surface area contributed by atoms with Crippen molar-refractivity contribution in [3.8, 4) is 0 Å². The maximum absolute atomic E-state index is 13.7. The van der Waals surface area contributed by atoms with E-state index in [1.165, 1.54) is 6.07 Å². The largest absolute Gasteiger partial charge is 0.461 e. The number of nitrogens with one attached hydrogen (secondary N) is 2. The third kappa shape index (κ3) is 3.69. The van der Waals surface area contributed by atoms with Crippen LogP contribution >= 0.6 is 23.2 Å². The average Bonchev–Trinajstić information content (AvgIpc) is 2.85. The van der Waals surface area contributed by atoms with Crippen molar-refractivity contribution in [2.75, 3.05) is 18.5 Å². The quantitative estimate of drug-likeness (QED) is 0.783. The molecular formula is C14H14Cl2FN3O2. The van der Waals surface area contributed by atoms with E-state index in [0.29, 0.717) is 18.5 Å². The van der Waals surface area contributed by atoms with Crippen molar-refractivity contribution >= 4 is 34.9 Å². The van der Waals surface area contributed by atoms with Gasteiger partial charge >= 0.3 is 5.97 Å². The molecule has 0 saturated heterocycles. The van der Waals surface area contributed by atoms with E-state index in [1.807, 2.05) is 0 Å². The summed E-state index contributed by atoms with van der Waals surface area (Å²) in [5.74, 6) is -1.07. The molecule has 1 aromatic heterocycles. The van der Waals surface area contributed by atoms with Crippen molar-refractivity contribution in [3.05, 3.63) is 45.4 Å². The predicted molar refractivity (Wildman–Crippen MR) is 83.2 cm³/mol. The predicted octanol–water partition coefficient (Wildman–Crippen LogP) is 3.69. The Hall–Kier alpha value is -1.79. The van der Waals surface area contributed by atoms with Gasteiger partial charge in [0, 0.05) is 12.1 Å². The van der Waals surface area contributed by atoms with Gasteiger partial charge in [0.25, 0.3) is 0 Å². The molecule has 2 aromatic rings. The molecule has 0 unspecified atom stereocenters. The number of esters is 1. The van der Waals surface area contributed by atoms with E-state index < -0.39 is 11.8 Å². The molecule has 0 aliphatic rings. The number of benzene rings is 1. The highest BCUT2D eigenvalue weighted by Gasteiger charge is 2.19. The minimum Gasteiger partial charge on any atom is -0.461 e. The molecule has 0 radical (unpaired) electrons. The van der Waals surface area contributed by atoms with Crippen molar-refractivity contribution in [2.45, 2.75) is 13.3 Å². The fourth-order valence-electron chi connectivity index (χ4n) is 1.90. The minimum atomic E-state index is -0.547. The summed E-state index contributed by atoms with van der Waals surface area (Å²) in [5, 5.41) is 9.58. The zero-order chi connectivity index (χ0) is 16.1. The molecule has 0 bridgehead atoms. The average molecular weight is 346 g/mol. The molecule has 2 rings (SSSR count). The molecule has 2 N–H and O–H groups in total. The van der Waals surface area contributed by atoms with E-state index in [0.717, 1.165) is 0 Å². The summed E-state index contributed by atoms with van der Waals surface area (Å²) >= 11 is 11.7. The van der Waals surface area contributed by atoms with Crippen LogP contribution in [-0.2, 0) is 11.2 Å². The molecule has 22 heavy (non-hydrogen) atoms. The molecule has 0 spiro atoms. The topological polar surface area (TPSA) is 67.0 Å². The minimum absolute atomic E-state index is 0.0403. The smallest absolute Gasteiger partial charge is 0.359 e. The summed E-state index contributed by atoms with van der Waals surface area (Å²) in [4.78, 5) is 11.7. The lowest BCUT2D eigenvalue weighted by Crippen LogP contribution is -2.12. The van der Waals surface area contributed by atoms with Crippen LogP contribution in [0, 0.1) is 5.82 Å². The van der Waals surface area contributed by atoms with Crippen LogP contribution in [0.3, 0.4) is 0 Å². The maximum Gasteiger partial charge on any atom is 0.359 e. The third-order valence-electron chi connectivity index (χ3n) is 2.93. The van der Waals surface area contributed by atoms with Gasteiger partial charge < -0.3 is 10.1 Å². The number of aromatic nitrogens is 2. The molecule has 118 valence electrons. The van der Waals surface area contributed by atoms with Gasteiger partial charge in [-0.25, -0.2) is 9.18 Å². The fraction of sp³-hybridized carbons (Fsp3) is 0.286. The highest BCUT2D eigenvalue weighted by Crippen LogP contribution is 2.23. The molecule has 0 atom stereocenters. The number of carbonyl (C=O) groups is 1. The molecule has 0 fully saturated rings. The molecular weight excluding hydrogens is 332 g/mol. The first-order valence-corrected chi connectivity index (χ1v) is 7.38. The summed E-state index contributed by atoms with van der Waals surface area (Å²) in [5.41, 5.74) is 0.945. The normalized spacial score (nSPS) is 10.5. The second-order valence-corrected chi connectivity index (χ2v) is 5.15. The molecule has 8 heteroatoms. The Labute approximate surface area is 136 Å². The molecule has 0 saturated carbocycles. The van der Waals surface area contributed by atoms with Crippen LogP contribution in [0.2, 0.25) is 10.2 Å². The molecule has 0 aliphatic carbocycles. The Morgan fingerprint density at radius 1 is 1.45 bits per heavy atom. The van der Waals surface area contributed by atoms with Crippen LogP contribution in [0.15, 0.2) is 18.2 Å². The number of carbonyl (C=O) groups excluding carboxylic acids is 1. The van der Waals surface area contributed by atoms with Crippen LogP contribution < -0.4 is 5.32 Å². The Bertz CT molecular complexity index is 676. The summed E-state index contributed by atoms with van der Waals surface area (Å²) in [7, 11) is 0. The van der Waals surface area contributed by atoms with E-state index in [9.17, 15) is 9.18 Å². The Kier molecular flexibility index (Phi) is 5.63. The van der Waals surface area contributed by atoms with Gasteiger partial charge in [-0.1, -0.05) is 29.3 Å². The van der Waals surface area contributed by atoms with Crippen LogP contribution in [0.1, 0.15) is 23.0 Å². The summed E-state index contributed by atoms with van der Waals surface area (Å²) in [6.45, 7) is 2.30. The van der Waals surface area contributed by atoms with Gasteiger partial charge in [0.05, 0.1) is 17.3 Å². The number of halogens is 3. The lowest BCUT2D eigenvalue weighted by Gasteiger charge is -2.08. The summed E-state index contributed by atoms with van der Waals surface area (Å²) in [6, 6.07) is 4.68. The van der Waals surface area contributed by atoms with E-state index in [-0.39, 0.29) is 28.2 Å². The number of hydrogen-bond donors (Lipinski definition) is 2. The van der Waals surface area contributed by atoms with Gasteiger partial charge in [0.1, 0.15) is 5.15 Å². The first-order valence-electron chi connectivity index (χ1n) is 6.62. The number of ether oxygens (including phenoxy) is 1. The molecule has 0 aliphatic heterocycles. The van der Waals surface area contributed by atoms with Gasteiger partial charge in [0.2, 0.25) is 0 Å². The highest BCUT2D eigenvalue weighted by atomic mass is 35.5. The lowest BCUT2D eigenvalue weighted by molar-refractivity contribution is 0.0518. The zero-order valence-corrected chi connectivity index (χ0v) is 13.3. The molecule has 1 aromatic carbocycles. The van der Waals surface area contributed by atoms with Crippen molar-refractivity contribution < 1.29 is 13.9 Å². The highest BCUT2D eigenvalue weighted by molar-refractivity contribution is 6.31. The van der Waals surface area contributed by atoms with Gasteiger partial charge in [-0.3, -0.25) is 5.10 Å². The second-order valence-electron chi connectivity index (χ2n) is 4.36. The van der Waals surface area contributed by atoms with E-state index in [2.05, 4.69) is 15.5 Å². The lowest BCUT2D eigenvalue weighted by atomic mass is 10.2.